The standard InChI is InChI=1S/C19H26FN3O2/c1-6-13(7-2)21-18-19(25-5)23-17(15(8-3)22-18)14-10-9-12(20)11-16(14)24-4/h9-11,13H,6-8H2,1-5H3,(H,21,22). The Labute approximate surface area is 148 Å². The number of hydrogen-bond donors (Lipinski definition) is 1. The van der Waals surface area contributed by atoms with Gasteiger partial charge in [0.15, 0.2) is 5.82 Å². The van der Waals surface area contributed by atoms with E-state index >= 15 is 0 Å². The van der Waals surface area contributed by atoms with E-state index in [1.807, 2.05) is 6.92 Å². The summed E-state index contributed by atoms with van der Waals surface area (Å²) >= 11 is 0. The molecule has 5 nitrogen and oxygen atoms in total. The molecule has 0 unspecified atom stereocenters. The average Bonchev–Trinajstić information content (AvgIpc) is 2.65. The number of halogens is 1. The minimum Gasteiger partial charge on any atom is -0.496 e. The van der Waals surface area contributed by atoms with Crippen LogP contribution < -0.4 is 14.8 Å². The fourth-order valence-corrected chi connectivity index (χ4v) is 2.70. The predicted molar refractivity (Wildman–Crippen MR) is 97.9 cm³/mol. The average molecular weight is 347 g/mol. The molecule has 0 radical (unpaired) electrons. The first-order chi connectivity index (χ1) is 12.1. The summed E-state index contributed by atoms with van der Waals surface area (Å²) in [6, 6.07) is 4.70. The molecule has 2 aromatic rings. The number of aromatic nitrogens is 2. The summed E-state index contributed by atoms with van der Waals surface area (Å²) in [4.78, 5) is 9.37. The molecule has 2 rings (SSSR count). The summed E-state index contributed by atoms with van der Waals surface area (Å²) < 4.78 is 24.3. The molecular formula is C19H26FN3O2. The van der Waals surface area contributed by atoms with Crippen molar-refractivity contribution >= 4 is 5.82 Å². The third-order valence-electron chi connectivity index (χ3n) is 4.21. The molecule has 1 N–H and O–H groups in total. The van der Waals surface area contributed by atoms with E-state index in [0.717, 1.165) is 18.5 Å². The number of methoxy groups -OCH3 is 2. The molecule has 1 aromatic heterocycles. The van der Waals surface area contributed by atoms with Gasteiger partial charge in [0, 0.05) is 17.7 Å². The van der Waals surface area contributed by atoms with Gasteiger partial charge < -0.3 is 14.8 Å². The number of nitrogens with zero attached hydrogens (tertiary/aromatic N) is 2. The lowest BCUT2D eigenvalue weighted by atomic mass is 10.1. The lowest BCUT2D eigenvalue weighted by molar-refractivity contribution is 0.396. The van der Waals surface area contributed by atoms with Crippen molar-refractivity contribution in [3.63, 3.8) is 0 Å². The van der Waals surface area contributed by atoms with E-state index < -0.39 is 0 Å². The second kappa shape index (κ2) is 8.65. The fourth-order valence-electron chi connectivity index (χ4n) is 2.70. The van der Waals surface area contributed by atoms with E-state index in [0.29, 0.717) is 41.2 Å². The highest BCUT2D eigenvalue weighted by atomic mass is 19.1. The molecule has 0 spiro atoms. The Morgan fingerprint density at radius 1 is 1.08 bits per heavy atom. The SMILES string of the molecule is CCc1nc(NC(CC)CC)c(OC)nc1-c1ccc(F)cc1OC. The van der Waals surface area contributed by atoms with Crippen LogP contribution in [0.4, 0.5) is 10.2 Å². The second-order valence-corrected chi connectivity index (χ2v) is 5.73. The molecule has 6 heteroatoms. The van der Waals surface area contributed by atoms with Crippen molar-refractivity contribution in [1.82, 2.24) is 9.97 Å². The van der Waals surface area contributed by atoms with Crippen LogP contribution >= 0.6 is 0 Å². The van der Waals surface area contributed by atoms with E-state index in [2.05, 4.69) is 24.1 Å². The Balaban J connectivity index is 2.56. The summed E-state index contributed by atoms with van der Waals surface area (Å²) in [6.07, 6.45) is 2.65. The third kappa shape index (κ3) is 4.18. The van der Waals surface area contributed by atoms with Crippen LogP contribution in [-0.2, 0) is 6.42 Å². The molecule has 25 heavy (non-hydrogen) atoms. The Bertz CT molecular complexity index is 718. The van der Waals surface area contributed by atoms with Crippen LogP contribution in [0.15, 0.2) is 18.2 Å². The Morgan fingerprint density at radius 2 is 1.80 bits per heavy atom. The fraction of sp³-hybridized carbons (Fsp3) is 0.474. The molecule has 0 saturated heterocycles. The van der Waals surface area contributed by atoms with E-state index in [1.54, 1.807) is 13.2 Å². The molecule has 0 amide bonds. The van der Waals surface area contributed by atoms with Gasteiger partial charge in [-0.25, -0.2) is 14.4 Å². The van der Waals surface area contributed by atoms with Crippen LogP contribution in [0, 0.1) is 5.82 Å². The lowest BCUT2D eigenvalue weighted by Gasteiger charge is -2.19. The molecule has 0 bridgehead atoms. The van der Waals surface area contributed by atoms with Gasteiger partial charge in [-0.1, -0.05) is 20.8 Å². The molecule has 1 aromatic carbocycles. The molecule has 0 aliphatic rings. The minimum absolute atomic E-state index is 0.305. The van der Waals surface area contributed by atoms with Crippen LogP contribution in [0.2, 0.25) is 0 Å². The van der Waals surface area contributed by atoms with Crippen LogP contribution in [0.3, 0.4) is 0 Å². The quantitative estimate of drug-likeness (QED) is 0.764. The van der Waals surface area contributed by atoms with Gasteiger partial charge >= 0.3 is 0 Å². The minimum atomic E-state index is -0.356. The summed E-state index contributed by atoms with van der Waals surface area (Å²) in [6.45, 7) is 6.26. The molecule has 1 heterocycles. The number of hydrogen-bond acceptors (Lipinski definition) is 5. The maximum Gasteiger partial charge on any atom is 0.257 e. The molecule has 136 valence electrons. The number of benzene rings is 1. The van der Waals surface area contributed by atoms with Crippen molar-refractivity contribution in [1.29, 1.82) is 0 Å². The first-order valence-electron chi connectivity index (χ1n) is 8.63. The molecule has 0 aliphatic heterocycles. The van der Waals surface area contributed by atoms with Crippen LogP contribution in [0.5, 0.6) is 11.6 Å². The molecular weight excluding hydrogens is 321 g/mol. The van der Waals surface area contributed by atoms with Gasteiger partial charge in [-0.15, -0.1) is 0 Å². The van der Waals surface area contributed by atoms with Gasteiger partial charge in [-0.3, -0.25) is 0 Å². The van der Waals surface area contributed by atoms with E-state index in [-0.39, 0.29) is 5.82 Å². The summed E-state index contributed by atoms with van der Waals surface area (Å²) in [5, 5.41) is 3.40. The zero-order chi connectivity index (χ0) is 18.4. The Morgan fingerprint density at radius 3 is 2.36 bits per heavy atom. The van der Waals surface area contributed by atoms with Gasteiger partial charge in [0.25, 0.3) is 5.88 Å². The first kappa shape index (κ1) is 19.0. The van der Waals surface area contributed by atoms with Crippen molar-refractivity contribution in [3.05, 3.63) is 29.7 Å². The summed E-state index contributed by atoms with van der Waals surface area (Å²) in [5.41, 5.74) is 2.14. The summed E-state index contributed by atoms with van der Waals surface area (Å²) in [5.74, 6) is 1.13. The lowest BCUT2D eigenvalue weighted by Crippen LogP contribution is -2.19. The number of anilines is 1. The highest BCUT2D eigenvalue weighted by Gasteiger charge is 2.19. The zero-order valence-electron chi connectivity index (χ0n) is 15.5. The van der Waals surface area contributed by atoms with Crippen molar-refractivity contribution < 1.29 is 13.9 Å². The van der Waals surface area contributed by atoms with Gasteiger partial charge in [-0.2, -0.15) is 0 Å². The highest BCUT2D eigenvalue weighted by molar-refractivity contribution is 5.71. The largest absolute Gasteiger partial charge is 0.496 e. The van der Waals surface area contributed by atoms with E-state index in [9.17, 15) is 4.39 Å². The maximum atomic E-state index is 13.5. The second-order valence-electron chi connectivity index (χ2n) is 5.73. The first-order valence-corrected chi connectivity index (χ1v) is 8.63. The number of rotatable bonds is 8. The number of aryl methyl sites for hydroxylation is 1. The van der Waals surface area contributed by atoms with Crippen molar-refractivity contribution in [2.75, 3.05) is 19.5 Å². The molecule has 0 saturated carbocycles. The number of nitrogens with one attached hydrogen (secondary N) is 1. The van der Waals surface area contributed by atoms with Crippen LogP contribution in [-0.4, -0.2) is 30.2 Å². The van der Waals surface area contributed by atoms with Crippen molar-refractivity contribution in [3.8, 4) is 22.9 Å². The highest BCUT2D eigenvalue weighted by Crippen LogP contribution is 2.34. The van der Waals surface area contributed by atoms with Crippen molar-refractivity contribution in [2.45, 2.75) is 46.1 Å². The third-order valence-corrected chi connectivity index (χ3v) is 4.21. The topological polar surface area (TPSA) is 56.3 Å². The molecule has 0 fully saturated rings. The van der Waals surface area contributed by atoms with Gasteiger partial charge in [0.05, 0.1) is 25.6 Å². The summed E-state index contributed by atoms with van der Waals surface area (Å²) in [7, 11) is 3.08. The maximum absolute atomic E-state index is 13.5. The van der Waals surface area contributed by atoms with Gasteiger partial charge in [0.2, 0.25) is 0 Å². The smallest absolute Gasteiger partial charge is 0.257 e. The number of ether oxygens (including phenoxy) is 2. The van der Waals surface area contributed by atoms with E-state index in [1.165, 1.54) is 19.2 Å². The van der Waals surface area contributed by atoms with Crippen molar-refractivity contribution in [2.24, 2.45) is 0 Å². The molecule has 0 atom stereocenters. The Hall–Kier alpha value is -2.37. The molecule has 0 aliphatic carbocycles. The van der Waals surface area contributed by atoms with Crippen LogP contribution in [0.1, 0.15) is 39.3 Å². The van der Waals surface area contributed by atoms with E-state index in [4.69, 9.17) is 14.5 Å². The van der Waals surface area contributed by atoms with Crippen LogP contribution in [0.25, 0.3) is 11.3 Å². The van der Waals surface area contributed by atoms with Gasteiger partial charge in [-0.05, 0) is 31.4 Å². The predicted octanol–water partition coefficient (Wildman–Crippen LogP) is 4.46. The van der Waals surface area contributed by atoms with Gasteiger partial charge in [0.1, 0.15) is 11.6 Å². The Kier molecular flexibility index (Phi) is 6.56. The monoisotopic (exact) mass is 347 g/mol. The zero-order valence-corrected chi connectivity index (χ0v) is 15.5. The normalized spacial score (nSPS) is 10.8.